The van der Waals surface area contributed by atoms with Gasteiger partial charge in [0.15, 0.2) is 0 Å². The second kappa shape index (κ2) is 6.78. The summed E-state index contributed by atoms with van der Waals surface area (Å²) in [6.07, 6.45) is 0. The van der Waals surface area contributed by atoms with Crippen molar-refractivity contribution in [1.82, 2.24) is 15.1 Å². The largest absolute Gasteiger partial charge is 0.496 e. The van der Waals surface area contributed by atoms with Crippen molar-refractivity contribution < 1.29 is 19.0 Å². The molecule has 0 spiro atoms. The number of halogens is 1. The average Bonchev–Trinajstić information content (AvgIpc) is 2.80. The topological polar surface area (TPSA) is 78.5 Å². The minimum atomic E-state index is -1.03. The molecule has 2 rings (SSSR count). The monoisotopic (exact) mass is 321 g/mol. The number of rotatable bonds is 6. The second-order valence-corrected chi connectivity index (χ2v) is 5.45. The molecule has 0 aliphatic rings. The van der Waals surface area contributed by atoms with E-state index in [2.05, 4.69) is 10.2 Å². The van der Waals surface area contributed by atoms with Crippen molar-refractivity contribution in [1.29, 1.82) is 0 Å². The first-order valence-electron chi connectivity index (χ1n) is 7.12. The Balaban J connectivity index is 2.37. The van der Waals surface area contributed by atoms with Gasteiger partial charge in [-0.1, -0.05) is 6.07 Å². The molecule has 6 nitrogen and oxygen atoms in total. The lowest BCUT2D eigenvalue weighted by atomic mass is 10.0. The SMILES string of the molecule is COc1cc(F)ccc1[C@@H](C(=O)O)N(C)Cc1c(C)n[nH]c1C. The molecule has 0 saturated heterocycles. The van der Waals surface area contributed by atoms with Gasteiger partial charge in [0.25, 0.3) is 0 Å². The van der Waals surface area contributed by atoms with Crippen LogP contribution in [0.15, 0.2) is 18.2 Å². The quantitative estimate of drug-likeness (QED) is 0.854. The lowest BCUT2D eigenvalue weighted by Crippen LogP contribution is -2.31. The first kappa shape index (κ1) is 17.0. The molecule has 0 radical (unpaired) electrons. The molecule has 1 aromatic heterocycles. The van der Waals surface area contributed by atoms with Crippen molar-refractivity contribution >= 4 is 5.97 Å². The maximum absolute atomic E-state index is 13.4. The molecule has 0 aliphatic carbocycles. The number of carboxylic acid groups (broad SMARTS) is 1. The molecule has 0 bridgehead atoms. The number of H-pyrrole nitrogens is 1. The van der Waals surface area contributed by atoms with Crippen molar-refractivity contribution in [3.05, 3.63) is 46.5 Å². The molecular formula is C16H20FN3O3. The van der Waals surface area contributed by atoms with Gasteiger partial charge in [0.1, 0.15) is 17.6 Å². The van der Waals surface area contributed by atoms with E-state index in [1.807, 2.05) is 13.8 Å². The van der Waals surface area contributed by atoms with Crippen LogP contribution in [0.1, 0.15) is 28.6 Å². The summed E-state index contributed by atoms with van der Waals surface area (Å²) in [4.78, 5) is 13.4. The fourth-order valence-corrected chi connectivity index (χ4v) is 2.62. The van der Waals surface area contributed by atoms with Crippen molar-refractivity contribution in [2.75, 3.05) is 14.2 Å². The third kappa shape index (κ3) is 3.50. The van der Waals surface area contributed by atoms with E-state index in [1.54, 1.807) is 11.9 Å². The number of carboxylic acids is 1. The van der Waals surface area contributed by atoms with Crippen molar-refractivity contribution in [2.24, 2.45) is 0 Å². The van der Waals surface area contributed by atoms with E-state index >= 15 is 0 Å². The van der Waals surface area contributed by atoms with Crippen LogP contribution in [-0.4, -0.2) is 40.3 Å². The Hall–Kier alpha value is -2.41. The van der Waals surface area contributed by atoms with Gasteiger partial charge >= 0.3 is 5.97 Å². The van der Waals surface area contributed by atoms with E-state index < -0.39 is 17.8 Å². The van der Waals surface area contributed by atoms with Crippen LogP contribution in [-0.2, 0) is 11.3 Å². The Morgan fingerprint density at radius 1 is 1.48 bits per heavy atom. The number of methoxy groups -OCH3 is 1. The fourth-order valence-electron chi connectivity index (χ4n) is 2.62. The summed E-state index contributed by atoms with van der Waals surface area (Å²) in [5.74, 6) is -1.29. The molecular weight excluding hydrogens is 301 g/mol. The predicted octanol–water partition coefficient (Wildman–Crippen LogP) is 2.43. The van der Waals surface area contributed by atoms with Crippen LogP contribution in [0.3, 0.4) is 0 Å². The highest BCUT2D eigenvalue weighted by Crippen LogP contribution is 2.31. The van der Waals surface area contributed by atoms with Gasteiger partial charge in [0, 0.05) is 29.4 Å². The van der Waals surface area contributed by atoms with E-state index in [1.165, 1.54) is 25.3 Å². The van der Waals surface area contributed by atoms with Gasteiger partial charge in [-0.3, -0.25) is 14.8 Å². The number of carbonyl (C=O) groups is 1. The zero-order valence-corrected chi connectivity index (χ0v) is 13.6. The highest BCUT2D eigenvalue weighted by atomic mass is 19.1. The van der Waals surface area contributed by atoms with Gasteiger partial charge in [-0.2, -0.15) is 5.10 Å². The smallest absolute Gasteiger partial charge is 0.325 e. The van der Waals surface area contributed by atoms with Crippen LogP contribution in [0.2, 0.25) is 0 Å². The number of hydrogen-bond donors (Lipinski definition) is 2. The molecule has 0 saturated carbocycles. The molecule has 2 aromatic rings. The molecule has 0 unspecified atom stereocenters. The van der Waals surface area contributed by atoms with Crippen molar-refractivity contribution in [3.63, 3.8) is 0 Å². The van der Waals surface area contributed by atoms with Crippen LogP contribution < -0.4 is 4.74 Å². The second-order valence-electron chi connectivity index (χ2n) is 5.45. The number of aromatic amines is 1. The number of aliphatic carboxylic acids is 1. The molecule has 7 heteroatoms. The van der Waals surface area contributed by atoms with E-state index in [9.17, 15) is 14.3 Å². The number of nitrogens with zero attached hydrogens (tertiary/aromatic N) is 2. The third-order valence-electron chi connectivity index (χ3n) is 3.85. The molecule has 0 aliphatic heterocycles. The van der Waals surface area contributed by atoms with Gasteiger partial charge < -0.3 is 9.84 Å². The summed E-state index contributed by atoms with van der Waals surface area (Å²) < 4.78 is 18.5. The number of benzene rings is 1. The highest BCUT2D eigenvalue weighted by molar-refractivity contribution is 5.76. The van der Waals surface area contributed by atoms with Crippen LogP contribution in [0.4, 0.5) is 4.39 Å². The van der Waals surface area contributed by atoms with Crippen LogP contribution in [0.5, 0.6) is 5.75 Å². The number of likely N-dealkylation sites (N-methyl/N-ethyl adjacent to an activating group) is 1. The fraction of sp³-hybridized carbons (Fsp3) is 0.375. The molecule has 0 fully saturated rings. The summed E-state index contributed by atoms with van der Waals surface area (Å²) in [6.45, 7) is 4.14. The number of ether oxygens (including phenoxy) is 1. The molecule has 2 N–H and O–H groups in total. The van der Waals surface area contributed by atoms with Gasteiger partial charge in [0.05, 0.1) is 12.8 Å². The summed E-state index contributed by atoms with van der Waals surface area (Å²) in [6, 6.07) is 2.90. The van der Waals surface area contributed by atoms with E-state index in [4.69, 9.17) is 4.74 Å². The van der Waals surface area contributed by atoms with Crippen LogP contribution in [0, 0.1) is 19.7 Å². The summed E-state index contributed by atoms with van der Waals surface area (Å²) in [5.41, 5.74) is 3.07. The Kier molecular flexibility index (Phi) is 5.00. The van der Waals surface area contributed by atoms with E-state index in [-0.39, 0.29) is 5.75 Å². The van der Waals surface area contributed by atoms with Gasteiger partial charge in [-0.05, 0) is 27.0 Å². The molecule has 124 valence electrons. The minimum Gasteiger partial charge on any atom is -0.496 e. The van der Waals surface area contributed by atoms with Gasteiger partial charge in [0.2, 0.25) is 0 Å². The average molecular weight is 321 g/mol. The number of aryl methyl sites for hydroxylation is 2. The van der Waals surface area contributed by atoms with Crippen LogP contribution >= 0.6 is 0 Å². The van der Waals surface area contributed by atoms with E-state index in [0.717, 1.165) is 17.0 Å². The minimum absolute atomic E-state index is 0.213. The number of aromatic nitrogens is 2. The normalized spacial score (nSPS) is 12.4. The molecule has 1 heterocycles. The Morgan fingerprint density at radius 2 is 2.17 bits per heavy atom. The molecule has 1 aromatic carbocycles. The Labute approximate surface area is 133 Å². The molecule has 23 heavy (non-hydrogen) atoms. The lowest BCUT2D eigenvalue weighted by Gasteiger charge is -2.26. The van der Waals surface area contributed by atoms with E-state index in [0.29, 0.717) is 12.1 Å². The molecule has 0 amide bonds. The van der Waals surface area contributed by atoms with Crippen molar-refractivity contribution in [2.45, 2.75) is 26.4 Å². The zero-order valence-electron chi connectivity index (χ0n) is 13.6. The maximum Gasteiger partial charge on any atom is 0.325 e. The first-order valence-corrected chi connectivity index (χ1v) is 7.12. The Morgan fingerprint density at radius 3 is 2.70 bits per heavy atom. The van der Waals surface area contributed by atoms with Gasteiger partial charge in [-0.15, -0.1) is 0 Å². The maximum atomic E-state index is 13.4. The van der Waals surface area contributed by atoms with Crippen LogP contribution in [0.25, 0.3) is 0 Å². The Bertz CT molecular complexity index is 695. The summed E-state index contributed by atoms with van der Waals surface area (Å²) >= 11 is 0. The first-order chi connectivity index (χ1) is 10.8. The summed E-state index contributed by atoms with van der Waals surface area (Å²) in [7, 11) is 3.09. The standard InChI is InChI=1S/C16H20FN3O3/c1-9-13(10(2)19-18-9)8-20(3)15(16(21)22)12-6-5-11(17)7-14(12)23-4/h5-7,15H,8H2,1-4H3,(H,18,19)(H,21,22)/t15-/m0/s1. The molecule has 1 atom stereocenters. The highest BCUT2D eigenvalue weighted by Gasteiger charge is 2.29. The number of hydrogen-bond acceptors (Lipinski definition) is 4. The third-order valence-corrected chi connectivity index (χ3v) is 3.85. The van der Waals surface area contributed by atoms with Gasteiger partial charge in [-0.25, -0.2) is 4.39 Å². The lowest BCUT2D eigenvalue weighted by molar-refractivity contribution is -0.143. The number of nitrogens with one attached hydrogen (secondary N) is 1. The zero-order chi connectivity index (χ0) is 17.1. The summed E-state index contributed by atoms with van der Waals surface area (Å²) in [5, 5.41) is 16.6. The van der Waals surface area contributed by atoms with Crippen molar-refractivity contribution in [3.8, 4) is 5.75 Å². The predicted molar refractivity (Wildman–Crippen MR) is 82.9 cm³/mol.